The molecule has 2 rings (SSSR count). The first-order chi connectivity index (χ1) is 8.52. The molecule has 1 unspecified atom stereocenters. The molecule has 0 radical (unpaired) electrons. The van der Waals surface area contributed by atoms with Crippen LogP contribution in [0.15, 0.2) is 28.7 Å². The highest BCUT2D eigenvalue weighted by atomic mass is 79.9. The van der Waals surface area contributed by atoms with Gasteiger partial charge >= 0.3 is 0 Å². The molecule has 96 valence electrons. The number of hydrogen-bond acceptors (Lipinski definition) is 2. The average Bonchev–Trinajstić information content (AvgIpc) is 2.63. The zero-order valence-electron chi connectivity index (χ0n) is 9.93. The predicted octanol–water partition coefficient (Wildman–Crippen LogP) is 4.92. The minimum Gasteiger partial charge on any atom is -0.309 e. The molecule has 0 saturated heterocycles. The van der Waals surface area contributed by atoms with E-state index >= 15 is 0 Å². The maximum Gasteiger partial charge on any atom is 0.124 e. The van der Waals surface area contributed by atoms with E-state index in [9.17, 15) is 4.39 Å². The van der Waals surface area contributed by atoms with Gasteiger partial charge in [-0.15, -0.1) is 11.3 Å². The summed E-state index contributed by atoms with van der Waals surface area (Å²) in [6, 6.07) is 6.55. The van der Waals surface area contributed by atoms with E-state index in [0.29, 0.717) is 5.02 Å². The van der Waals surface area contributed by atoms with Crippen LogP contribution < -0.4 is 5.32 Å². The van der Waals surface area contributed by atoms with Crippen molar-refractivity contribution in [3.8, 4) is 0 Å². The lowest BCUT2D eigenvalue weighted by atomic mass is 10.1. The fourth-order valence-electron chi connectivity index (χ4n) is 1.81. The molecular weight excluding hydrogens is 337 g/mol. The Hall–Kier alpha value is -0.420. The maximum absolute atomic E-state index is 13.1. The Bertz CT molecular complexity index is 551. The van der Waals surface area contributed by atoms with Gasteiger partial charge < -0.3 is 5.32 Å². The zero-order chi connectivity index (χ0) is 13.3. The molecule has 18 heavy (non-hydrogen) atoms. The number of thiophene rings is 1. The van der Waals surface area contributed by atoms with Crippen LogP contribution in [-0.2, 0) is 0 Å². The van der Waals surface area contributed by atoms with E-state index in [0.717, 1.165) is 14.9 Å². The molecule has 1 aromatic heterocycles. The number of aryl methyl sites for hydroxylation is 1. The van der Waals surface area contributed by atoms with Crippen LogP contribution in [0, 0.1) is 12.7 Å². The van der Waals surface area contributed by atoms with Crippen molar-refractivity contribution in [2.45, 2.75) is 13.0 Å². The molecule has 0 fully saturated rings. The molecule has 1 nitrogen and oxygen atoms in total. The number of nitrogens with one attached hydrogen (secondary N) is 1. The first-order valence-electron chi connectivity index (χ1n) is 5.41. The van der Waals surface area contributed by atoms with Crippen LogP contribution in [0.4, 0.5) is 4.39 Å². The van der Waals surface area contributed by atoms with Gasteiger partial charge in [0.2, 0.25) is 0 Å². The van der Waals surface area contributed by atoms with Gasteiger partial charge in [-0.25, -0.2) is 4.39 Å². The topological polar surface area (TPSA) is 12.0 Å². The zero-order valence-corrected chi connectivity index (χ0v) is 13.1. The summed E-state index contributed by atoms with van der Waals surface area (Å²) in [6.07, 6.45) is 0. The Labute approximate surface area is 123 Å². The normalized spacial score (nSPS) is 12.7. The number of halogens is 3. The molecule has 0 aliphatic rings. The van der Waals surface area contributed by atoms with E-state index < -0.39 is 0 Å². The molecule has 1 aromatic carbocycles. The smallest absolute Gasteiger partial charge is 0.124 e. The first kappa shape index (κ1) is 14.0. The SMILES string of the molecule is CNC(c1cc(Br)c(C)s1)c1ccc(F)cc1Cl. The van der Waals surface area contributed by atoms with Crippen molar-refractivity contribution in [3.05, 3.63) is 54.9 Å². The van der Waals surface area contributed by atoms with Crippen molar-refractivity contribution >= 4 is 38.9 Å². The monoisotopic (exact) mass is 347 g/mol. The second kappa shape index (κ2) is 5.70. The van der Waals surface area contributed by atoms with E-state index in [4.69, 9.17) is 11.6 Å². The highest BCUT2D eigenvalue weighted by molar-refractivity contribution is 9.10. The fourth-order valence-corrected chi connectivity index (χ4v) is 3.78. The number of hydrogen-bond donors (Lipinski definition) is 1. The molecule has 0 amide bonds. The standard InChI is InChI=1S/C13H12BrClFNS/c1-7-10(14)6-12(18-7)13(17-2)9-4-3-8(16)5-11(9)15/h3-6,13,17H,1-2H3. The van der Waals surface area contributed by atoms with Crippen molar-refractivity contribution in [1.82, 2.24) is 5.32 Å². The van der Waals surface area contributed by atoms with Gasteiger partial charge in [0, 0.05) is 19.2 Å². The lowest BCUT2D eigenvalue weighted by molar-refractivity contribution is 0.624. The van der Waals surface area contributed by atoms with Crippen molar-refractivity contribution in [3.63, 3.8) is 0 Å². The molecule has 0 aliphatic carbocycles. The van der Waals surface area contributed by atoms with Gasteiger partial charge in [-0.2, -0.15) is 0 Å². The van der Waals surface area contributed by atoms with Crippen LogP contribution in [0.25, 0.3) is 0 Å². The average molecular weight is 349 g/mol. The van der Waals surface area contributed by atoms with E-state index in [1.165, 1.54) is 17.0 Å². The highest BCUT2D eigenvalue weighted by Crippen LogP contribution is 2.36. The van der Waals surface area contributed by atoms with Crippen molar-refractivity contribution in [2.24, 2.45) is 0 Å². The molecule has 0 aliphatic heterocycles. The van der Waals surface area contributed by atoms with Crippen molar-refractivity contribution in [1.29, 1.82) is 0 Å². The lowest BCUT2D eigenvalue weighted by Crippen LogP contribution is -2.16. The van der Waals surface area contributed by atoms with Crippen LogP contribution in [0.1, 0.15) is 21.4 Å². The van der Waals surface area contributed by atoms with E-state index in [2.05, 4.69) is 34.2 Å². The molecular formula is C13H12BrClFNS. The molecule has 2 aromatic rings. The lowest BCUT2D eigenvalue weighted by Gasteiger charge is -2.16. The van der Waals surface area contributed by atoms with E-state index in [1.54, 1.807) is 17.4 Å². The minimum atomic E-state index is -0.317. The van der Waals surface area contributed by atoms with Gasteiger partial charge in [-0.1, -0.05) is 17.7 Å². The highest BCUT2D eigenvalue weighted by Gasteiger charge is 2.18. The summed E-state index contributed by atoms with van der Waals surface area (Å²) in [5, 5.41) is 3.66. The molecule has 5 heteroatoms. The summed E-state index contributed by atoms with van der Waals surface area (Å²) in [4.78, 5) is 2.36. The number of rotatable bonds is 3. The van der Waals surface area contributed by atoms with E-state index in [-0.39, 0.29) is 11.9 Å². The van der Waals surface area contributed by atoms with Crippen LogP contribution >= 0.6 is 38.9 Å². The fraction of sp³-hybridized carbons (Fsp3) is 0.231. The van der Waals surface area contributed by atoms with Gasteiger partial charge in [0.15, 0.2) is 0 Å². The van der Waals surface area contributed by atoms with Gasteiger partial charge in [0.25, 0.3) is 0 Å². The summed E-state index contributed by atoms with van der Waals surface area (Å²) in [7, 11) is 1.87. The van der Waals surface area contributed by atoms with Crippen LogP contribution in [0.2, 0.25) is 5.02 Å². The van der Waals surface area contributed by atoms with Gasteiger partial charge in [-0.3, -0.25) is 0 Å². The van der Waals surface area contributed by atoms with Gasteiger partial charge in [-0.05, 0) is 53.7 Å². The third-order valence-corrected chi connectivity index (χ3v) is 5.25. The maximum atomic E-state index is 13.1. The van der Waals surface area contributed by atoms with Crippen LogP contribution in [-0.4, -0.2) is 7.05 Å². The van der Waals surface area contributed by atoms with Crippen molar-refractivity contribution in [2.75, 3.05) is 7.05 Å². The summed E-state index contributed by atoms with van der Waals surface area (Å²) in [5.74, 6) is -0.317. The Morgan fingerprint density at radius 3 is 2.61 bits per heavy atom. The Morgan fingerprint density at radius 1 is 1.39 bits per heavy atom. The Balaban J connectivity index is 2.45. The largest absolute Gasteiger partial charge is 0.309 e. The third-order valence-electron chi connectivity index (χ3n) is 2.72. The summed E-state index contributed by atoms with van der Waals surface area (Å²) in [5.41, 5.74) is 0.884. The summed E-state index contributed by atoms with van der Waals surface area (Å²) < 4.78 is 14.2. The van der Waals surface area contributed by atoms with Crippen LogP contribution in [0.5, 0.6) is 0 Å². The quantitative estimate of drug-likeness (QED) is 0.830. The van der Waals surface area contributed by atoms with Crippen LogP contribution in [0.3, 0.4) is 0 Å². The third kappa shape index (κ3) is 2.77. The van der Waals surface area contributed by atoms with E-state index in [1.807, 2.05) is 7.05 Å². The Morgan fingerprint density at radius 2 is 2.11 bits per heavy atom. The first-order valence-corrected chi connectivity index (χ1v) is 7.39. The molecule has 1 atom stereocenters. The summed E-state index contributed by atoms with van der Waals surface area (Å²) >= 11 is 11.3. The minimum absolute atomic E-state index is 0.0203. The van der Waals surface area contributed by atoms with Crippen molar-refractivity contribution < 1.29 is 4.39 Å². The summed E-state index contributed by atoms with van der Waals surface area (Å²) in [6.45, 7) is 2.05. The van der Waals surface area contributed by atoms with Gasteiger partial charge in [0.05, 0.1) is 6.04 Å². The Kier molecular flexibility index (Phi) is 4.43. The molecule has 1 heterocycles. The molecule has 0 spiro atoms. The van der Waals surface area contributed by atoms with Gasteiger partial charge in [0.1, 0.15) is 5.82 Å². The molecule has 0 saturated carbocycles. The second-order valence-electron chi connectivity index (χ2n) is 3.94. The molecule has 1 N–H and O–H groups in total. The predicted molar refractivity (Wildman–Crippen MR) is 79.1 cm³/mol. The number of benzene rings is 1. The second-order valence-corrected chi connectivity index (χ2v) is 6.49. The molecule has 0 bridgehead atoms.